The predicted octanol–water partition coefficient (Wildman–Crippen LogP) is 4.03. The van der Waals surface area contributed by atoms with Crippen molar-refractivity contribution >= 4 is 5.91 Å². The molecule has 5 heteroatoms. The number of hydrogen-bond acceptors (Lipinski definition) is 4. The van der Waals surface area contributed by atoms with Crippen LogP contribution in [-0.2, 0) is 10.2 Å². The molecule has 1 fully saturated rings. The number of para-hydroxylation sites is 1. The van der Waals surface area contributed by atoms with Crippen LogP contribution < -0.4 is 10.1 Å². The maximum atomic E-state index is 13.0. The van der Waals surface area contributed by atoms with Gasteiger partial charge >= 0.3 is 0 Å². The molecule has 0 radical (unpaired) electrons. The van der Waals surface area contributed by atoms with Crippen molar-refractivity contribution in [3.05, 3.63) is 46.8 Å². The molecular weight excluding hydrogens is 340 g/mol. The quantitative estimate of drug-likeness (QED) is 0.885. The summed E-state index contributed by atoms with van der Waals surface area (Å²) in [6.45, 7) is 10.8. The van der Waals surface area contributed by atoms with Crippen LogP contribution >= 0.6 is 0 Å². The summed E-state index contributed by atoms with van der Waals surface area (Å²) >= 11 is 0. The molecule has 0 bridgehead atoms. The fourth-order valence-corrected chi connectivity index (χ4v) is 4.97. The molecular formula is C22H28N2O3. The number of fused-ring (bicyclic) bond motifs is 2. The van der Waals surface area contributed by atoms with Crippen LogP contribution in [0.15, 0.2) is 28.8 Å². The lowest BCUT2D eigenvalue weighted by molar-refractivity contribution is -0.123. The van der Waals surface area contributed by atoms with Gasteiger partial charge in [0.2, 0.25) is 5.91 Å². The average Bonchev–Trinajstić information content (AvgIpc) is 3.20. The summed E-state index contributed by atoms with van der Waals surface area (Å²) in [5.74, 6) is 2.08. The van der Waals surface area contributed by atoms with Crippen molar-refractivity contribution in [3.63, 3.8) is 0 Å². The minimum atomic E-state index is -0.257. The number of ether oxygens (including phenoxy) is 1. The molecule has 27 heavy (non-hydrogen) atoms. The van der Waals surface area contributed by atoms with Crippen LogP contribution in [0.1, 0.15) is 62.1 Å². The Labute approximate surface area is 160 Å². The number of nitrogens with zero attached hydrogens (tertiary/aromatic N) is 1. The summed E-state index contributed by atoms with van der Waals surface area (Å²) in [5.41, 5.74) is 2.83. The van der Waals surface area contributed by atoms with Crippen molar-refractivity contribution in [3.8, 4) is 5.75 Å². The summed E-state index contributed by atoms with van der Waals surface area (Å²) in [5, 5.41) is 7.19. The third kappa shape index (κ3) is 3.03. The number of nitrogens with one attached hydrogen (secondary N) is 1. The number of aromatic nitrogens is 1. The second kappa shape index (κ2) is 6.11. The Balaban J connectivity index is 1.48. The molecule has 144 valence electrons. The topological polar surface area (TPSA) is 64.4 Å². The fraction of sp³-hybridized carbons (Fsp3) is 0.545. The first-order chi connectivity index (χ1) is 12.7. The van der Waals surface area contributed by atoms with Gasteiger partial charge < -0.3 is 14.6 Å². The maximum Gasteiger partial charge on any atom is 0.224 e. The van der Waals surface area contributed by atoms with Gasteiger partial charge in [-0.1, -0.05) is 30.3 Å². The molecule has 2 aliphatic rings. The number of hydrogen-bond donors (Lipinski definition) is 1. The summed E-state index contributed by atoms with van der Waals surface area (Å²) < 4.78 is 11.4. The zero-order valence-corrected chi connectivity index (χ0v) is 16.8. The molecule has 0 unspecified atom stereocenters. The number of benzene rings is 1. The molecule has 2 aromatic rings. The number of carbonyl (C=O) groups excluding carboxylic acids is 1. The van der Waals surface area contributed by atoms with E-state index in [0.717, 1.165) is 35.6 Å². The highest BCUT2D eigenvalue weighted by molar-refractivity contribution is 5.85. The van der Waals surface area contributed by atoms with E-state index in [1.54, 1.807) is 0 Å². The Morgan fingerprint density at radius 1 is 1.33 bits per heavy atom. The minimum Gasteiger partial charge on any atom is -0.488 e. The zero-order chi connectivity index (χ0) is 19.4. The number of aryl methyl sites for hydroxylation is 2. The average molecular weight is 368 g/mol. The zero-order valence-electron chi connectivity index (χ0n) is 16.8. The van der Waals surface area contributed by atoms with Crippen molar-refractivity contribution in [1.82, 2.24) is 10.5 Å². The van der Waals surface area contributed by atoms with Crippen LogP contribution in [0, 0.1) is 19.8 Å². The first-order valence-electron chi connectivity index (χ1n) is 9.72. The van der Waals surface area contributed by atoms with Gasteiger partial charge in [-0.25, -0.2) is 0 Å². The predicted molar refractivity (Wildman–Crippen MR) is 103 cm³/mol. The highest BCUT2D eigenvalue weighted by Gasteiger charge is 2.63. The van der Waals surface area contributed by atoms with E-state index in [0.29, 0.717) is 6.54 Å². The highest BCUT2D eigenvalue weighted by atomic mass is 16.5. The lowest BCUT2D eigenvalue weighted by atomic mass is 9.80. The van der Waals surface area contributed by atoms with Gasteiger partial charge in [0.05, 0.1) is 5.69 Å². The third-order valence-electron chi connectivity index (χ3n) is 6.11. The largest absolute Gasteiger partial charge is 0.488 e. The lowest BCUT2D eigenvalue weighted by Gasteiger charge is -2.38. The van der Waals surface area contributed by atoms with Crippen molar-refractivity contribution in [2.24, 2.45) is 5.92 Å². The molecule has 1 aromatic heterocycles. The Morgan fingerprint density at radius 3 is 2.78 bits per heavy atom. The van der Waals surface area contributed by atoms with E-state index < -0.39 is 0 Å². The van der Waals surface area contributed by atoms with Crippen LogP contribution in [0.3, 0.4) is 0 Å². The lowest BCUT2D eigenvalue weighted by Crippen LogP contribution is -2.40. The molecule has 1 aliphatic carbocycles. The van der Waals surface area contributed by atoms with E-state index in [2.05, 4.69) is 37.3 Å². The molecule has 1 N–H and O–H groups in total. The monoisotopic (exact) mass is 368 g/mol. The van der Waals surface area contributed by atoms with Gasteiger partial charge in [-0.3, -0.25) is 4.79 Å². The van der Waals surface area contributed by atoms with E-state index in [-0.39, 0.29) is 28.8 Å². The minimum absolute atomic E-state index is 0.0127. The van der Waals surface area contributed by atoms with Crippen LogP contribution in [0.2, 0.25) is 0 Å². The number of carbonyl (C=O) groups is 1. The molecule has 0 saturated heterocycles. The van der Waals surface area contributed by atoms with E-state index in [1.165, 1.54) is 5.56 Å². The van der Waals surface area contributed by atoms with Gasteiger partial charge in [0.15, 0.2) is 0 Å². The van der Waals surface area contributed by atoms with Crippen LogP contribution in [0.4, 0.5) is 0 Å². The molecule has 1 saturated carbocycles. The van der Waals surface area contributed by atoms with Crippen molar-refractivity contribution in [1.29, 1.82) is 0 Å². The van der Waals surface area contributed by atoms with Gasteiger partial charge in [-0.15, -0.1) is 0 Å². The van der Waals surface area contributed by atoms with Crippen LogP contribution in [-0.4, -0.2) is 23.2 Å². The summed E-state index contributed by atoms with van der Waals surface area (Å²) in [4.78, 5) is 13.0. The second-order valence-corrected chi connectivity index (χ2v) is 8.83. The fourth-order valence-electron chi connectivity index (χ4n) is 4.97. The van der Waals surface area contributed by atoms with E-state index in [4.69, 9.17) is 9.26 Å². The third-order valence-corrected chi connectivity index (χ3v) is 6.11. The van der Waals surface area contributed by atoms with Crippen molar-refractivity contribution < 1.29 is 14.1 Å². The highest BCUT2D eigenvalue weighted by Crippen LogP contribution is 2.63. The van der Waals surface area contributed by atoms with Crippen molar-refractivity contribution in [2.75, 3.05) is 6.54 Å². The second-order valence-electron chi connectivity index (χ2n) is 8.83. The van der Waals surface area contributed by atoms with E-state index in [9.17, 15) is 4.79 Å². The summed E-state index contributed by atoms with van der Waals surface area (Å²) in [6.07, 6.45) is 1.76. The molecule has 2 heterocycles. The van der Waals surface area contributed by atoms with Crippen LogP contribution in [0.25, 0.3) is 0 Å². The van der Waals surface area contributed by atoms with E-state index in [1.807, 2.05) is 32.0 Å². The number of amides is 1. The van der Waals surface area contributed by atoms with Crippen LogP contribution in [0.5, 0.6) is 5.75 Å². The van der Waals surface area contributed by atoms with Gasteiger partial charge in [0.25, 0.3) is 0 Å². The van der Waals surface area contributed by atoms with Gasteiger partial charge in [-0.05, 0) is 46.6 Å². The molecule has 4 rings (SSSR count). The normalized spacial score (nSPS) is 26.2. The first-order valence-corrected chi connectivity index (χ1v) is 9.72. The number of rotatable bonds is 4. The first kappa shape index (κ1) is 18.1. The Morgan fingerprint density at radius 2 is 2.07 bits per heavy atom. The maximum absolute atomic E-state index is 13.0. The Bertz CT molecular complexity index is 866. The Hall–Kier alpha value is -2.30. The van der Waals surface area contributed by atoms with E-state index >= 15 is 0 Å². The van der Waals surface area contributed by atoms with Gasteiger partial charge in [-0.2, -0.15) is 0 Å². The SMILES string of the molecule is Cc1noc(C)c1[C@H](C)CNC(=O)[C@H]1C[C@@]12CC(C)(C)Oc1ccccc12. The molecule has 1 aromatic carbocycles. The molecule has 5 nitrogen and oxygen atoms in total. The molecule has 1 spiro atoms. The summed E-state index contributed by atoms with van der Waals surface area (Å²) in [6, 6.07) is 8.17. The summed E-state index contributed by atoms with van der Waals surface area (Å²) in [7, 11) is 0. The standard InChI is InChI=1S/C22H28N2O3/c1-13(19-14(2)24-27-15(19)3)11-23-20(25)17-10-22(17)12-21(4,5)26-18-9-7-6-8-16(18)22/h6-9,13,17H,10-12H2,1-5H3,(H,23,25)/t13-,17-,22+/m1/s1. The molecule has 1 amide bonds. The van der Waals surface area contributed by atoms with Gasteiger partial charge in [0, 0.05) is 34.9 Å². The van der Waals surface area contributed by atoms with Gasteiger partial charge in [0.1, 0.15) is 17.1 Å². The smallest absolute Gasteiger partial charge is 0.224 e. The molecule has 3 atom stereocenters. The molecule has 1 aliphatic heterocycles. The Kier molecular flexibility index (Phi) is 4.09. The van der Waals surface area contributed by atoms with Crippen molar-refractivity contribution in [2.45, 2.75) is 64.4 Å².